The minimum atomic E-state index is -1.61. The van der Waals surface area contributed by atoms with Crippen LogP contribution in [0, 0.1) is 11.5 Å². The number of fused-ring (bicyclic) bond motifs is 1. The summed E-state index contributed by atoms with van der Waals surface area (Å²) >= 11 is 1.82. The van der Waals surface area contributed by atoms with Crippen molar-refractivity contribution in [2.75, 3.05) is 0 Å². The third-order valence-electron chi connectivity index (χ3n) is 4.69. The van der Waals surface area contributed by atoms with Gasteiger partial charge in [-0.05, 0) is 34.1 Å². The van der Waals surface area contributed by atoms with E-state index in [1.807, 2.05) is 11.3 Å². The summed E-state index contributed by atoms with van der Waals surface area (Å²) in [4.78, 5) is 1.22. The quantitative estimate of drug-likeness (QED) is 0.450. The molecule has 2 rings (SSSR count). The molecule has 1 heterocycles. The molecule has 0 amide bonds. The van der Waals surface area contributed by atoms with Crippen molar-refractivity contribution in [3.63, 3.8) is 0 Å². The first-order valence-corrected chi connectivity index (χ1v) is 10.9. The second-order valence-electron chi connectivity index (χ2n) is 6.80. The zero-order valence-corrected chi connectivity index (χ0v) is 15.8. The van der Waals surface area contributed by atoms with Crippen LogP contribution < -0.4 is 0 Å². The van der Waals surface area contributed by atoms with Crippen LogP contribution in [-0.2, 0) is 0 Å². The molecule has 0 spiro atoms. The van der Waals surface area contributed by atoms with Crippen molar-refractivity contribution < 1.29 is 0 Å². The van der Waals surface area contributed by atoms with Crippen molar-refractivity contribution >= 4 is 29.5 Å². The Hall–Kier alpha value is -1.04. The number of hydrogen-bond acceptors (Lipinski definition) is 1. The van der Waals surface area contributed by atoms with Crippen molar-refractivity contribution in [1.82, 2.24) is 0 Å². The molecule has 0 nitrogen and oxygen atoms in total. The van der Waals surface area contributed by atoms with Gasteiger partial charge in [0.2, 0.25) is 0 Å². The Morgan fingerprint density at radius 1 is 0.905 bits per heavy atom. The third-order valence-corrected chi connectivity index (χ3v) is 12.0. The summed E-state index contributed by atoms with van der Waals surface area (Å²) in [6.45, 7) is 14.2. The largest absolute Gasteiger partial charge is 0.146 e. The van der Waals surface area contributed by atoms with Crippen LogP contribution >= 0.6 is 11.3 Å². The maximum atomic E-state index is 3.81. The molecular formula is C19H26SSi. The minimum absolute atomic E-state index is 0.694. The molecule has 0 fully saturated rings. The van der Waals surface area contributed by atoms with Crippen LogP contribution in [0.5, 0.6) is 0 Å². The van der Waals surface area contributed by atoms with E-state index in [9.17, 15) is 0 Å². The summed E-state index contributed by atoms with van der Waals surface area (Å²) in [6, 6.07) is 10.8. The van der Waals surface area contributed by atoms with Crippen molar-refractivity contribution in [2.45, 2.75) is 58.2 Å². The lowest BCUT2D eigenvalue weighted by Gasteiger charge is -2.38. The van der Waals surface area contributed by atoms with E-state index >= 15 is 0 Å². The Kier molecular flexibility index (Phi) is 4.96. The lowest BCUT2D eigenvalue weighted by Crippen LogP contribution is -2.43. The first kappa shape index (κ1) is 16.3. The van der Waals surface area contributed by atoms with Gasteiger partial charge in [-0.2, -0.15) is 0 Å². The molecule has 0 bridgehead atoms. The standard InChI is InChI=1S/C19H26SSi/c1-14(2)21(15(3)4,16(5)6)12-11-18-13-17-9-7-8-10-19(17)20-18/h7-10,13-16H,1-6H3. The highest BCUT2D eigenvalue weighted by molar-refractivity contribution is 7.19. The zero-order chi connectivity index (χ0) is 15.6. The number of benzene rings is 1. The van der Waals surface area contributed by atoms with Gasteiger partial charge < -0.3 is 0 Å². The average molecular weight is 315 g/mol. The van der Waals surface area contributed by atoms with E-state index in [4.69, 9.17) is 0 Å². The Bertz CT molecular complexity index is 613. The van der Waals surface area contributed by atoms with Gasteiger partial charge in [0, 0.05) is 4.70 Å². The van der Waals surface area contributed by atoms with Crippen molar-refractivity contribution in [3.8, 4) is 11.5 Å². The number of hydrogen-bond donors (Lipinski definition) is 0. The first-order chi connectivity index (χ1) is 9.87. The smallest absolute Gasteiger partial charge is 0.127 e. The average Bonchev–Trinajstić information content (AvgIpc) is 2.80. The van der Waals surface area contributed by atoms with Gasteiger partial charge in [0.1, 0.15) is 8.07 Å². The topological polar surface area (TPSA) is 0 Å². The molecule has 1 aromatic carbocycles. The molecule has 0 N–H and O–H groups in total. The summed E-state index contributed by atoms with van der Waals surface area (Å²) < 4.78 is 1.34. The van der Waals surface area contributed by atoms with Crippen LogP contribution in [0.25, 0.3) is 10.1 Å². The van der Waals surface area contributed by atoms with Gasteiger partial charge in [0.05, 0.1) is 4.88 Å². The fraction of sp³-hybridized carbons (Fsp3) is 0.474. The fourth-order valence-corrected chi connectivity index (χ4v) is 9.87. The molecule has 0 aliphatic heterocycles. The minimum Gasteiger partial charge on any atom is -0.127 e. The van der Waals surface area contributed by atoms with E-state index in [0.29, 0.717) is 16.6 Å². The highest BCUT2D eigenvalue weighted by atomic mass is 32.1. The first-order valence-electron chi connectivity index (χ1n) is 7.89. The van der Waals surface area contributed by atoms with Gasteiger partial charge in [-0.1, -0.05) is 65.7 Å². The van der Waals surface area contributed by atoms with E-state index in [0.717, 1.165) is 0 Å². The summed E-state index contributed by atoms with van der Waals surface area (Å²) in [5.41, 5.74) is 5.89. The lowest BCUT2D eigenvalue weighted by atomic mass is 10.2. The summed E-state index contributed by atoms with van der Waals surface area (Å²) in [6.07, 6.45) is 0. The lowest BCUT2D eigenvalue weighted by molar-refractivity contribution is 0.838. The molecule has 0 aliphatic rings. The molecule has 0 atom stereocenters. The second-order valence-corrected chi connectivity index (χ2v) is 13.5. The van der Waals surface area contributed by atoms with Gasteiger partial charge in [-0.3, -0.25) is 0 Å². The highest BCUT2D eigenvalue weighted by Gasteiger charge is 2.41. The number of rotatable bonds is 3. The second kappa shape index (κ2) is 6.38. The van der Waals surface area contributed by atoms with Gasteiger partial charge in [0.15, 0.2) is 0 Å². The van der Waals surface area contributed by atoms with Crippen molar-refractivity contribution in [1.29, 1.82) is 0 Å². The molecule has 2 heteroatoms. The third kappa shape index (κ3) is 3.10. The highest BCUT2D eigenvalue weighted by Crippen LogP contribution is 2.41. The van der Waals surface area contributed by atoms with Crippen LogP contribution in [0.15, 0.2) is 30.3 Å². The van der Waals surface area contributed by atoms with Gasteiger partial charge in [-0.25, -0.2) is 0 Å². The zero-order valence-electron chi connectivity index (χ0n) is 14.0. The van der Waals surface area contributed by atoms with Gasteiger partial charge >= 0.3 is 0 Å². The van der Waals surface area contributed by atoms with Crippen LogP contribution in [0.1, 0.15) is 46.4 Å². The van der Waals surface area contributed by atoms with Gasteiger partial charge in [0.25, 0.3) is 0 Å². The molecular weight excluding hydrogens is 288 g/mol. The van der Waals surface area contributed by atoms with Crippen LogP contribution in [0.2, 0.25) is 16.6 Å². The van der Waals surface area contributed by atoms with E-state index < -0.39 is 8.07 Å². The Labute approximate surface area is 134 Å². The fourth-order valence-electron chi connectivity index (χ4n) is 3.65. The van der Waals surface area contributed by atoms with Crippen LogP contribution in [0.4, 0.5) is 0 Å². The summed E-state index contributed by atoms with van der Waals surface area (Å²) in [5, 5.41) is 1.32. The van der Waals surface area contributed by atoms with E-state index in [1.165, 1.54) is 15.0 Å². The van der Waals surface area contributed by atoms with Crippen molar-refractivity contribution in [2.24, 2.45) is 0 Å². The molecule has 0 unspecified atom stereocenters. The van der Waals surface area contributed by atoms with Crippen LogP contribution in [-0.4, -0.2) is 8.07 Å². The van der Waals surface area contributed by atoms with E-state index in [-0.39, 0.29) is 0 Å². The van der Waals surface area contributed by atoms with Crippen LogP contribution in [0.3, 0.4) is 0 Å². The number of thiophene rings is 1. The van der Waals surface area contributed by atoms with E-state index in [2.05, 4.69) is 83.3 Å². The Morgan fingerprint density at radius 3 is 2.00 bits per heavy atom. The molecule has 0 saturated carbocycles. The normalized spacial score (nSPS) is 12.2. The summed E-state index contributed by atoms with van der Waals surface area (Å²) in [7, 11) is -1.61. The molecule has 1 aromatic heterocycles. The molecule has 112 valence electrons. The SMILES string of the molecule is CC(C)[Si](C#Cc1cc2ccccc2s1)(C(C)C)C(C)C. The molecule has 0 saturated heterocycles. The molecule has 0 aliphatic carbocycles. The predicted octanol–water partition coefficient (Wildman–Crippen LogP) is 6.47. The predicted molar refractivity (Wildman–Crippen MR) is 99.8 cm³/mol. The summed E-state index contributed by atoms with van der Waals surface area (Å²) in [5.74, 6) is 3.55. The Balaban J connectivity index is 2.46. The maximum Gasteiger partial charge on any atom is 0.146 e. The Morgan fingerprint density at radius 2 is 1.48 bits per heavy atom. The van der Waals surface area contributed by atoms with Crippen molar-refractivity contribution in [3.05, 3.63) is 35.2 Å². The molecule has 21 heavy (non-hydrogen) atoms. The monoisotopic (exact) mass is 314 g/mol. The van der Waals surface area contributed by atoms with E-state index in [1.54, 1.807) is 0 Å². The molecule has 2 aromatic rings. The molecule has 0 radical (unpaired) electrons. The maximum absolute atomic E-state index is 3.81. The van der Waals surface area contributed by atoms with Gasteiger partial charge in [-0.15, -0.1) is 16.9 Å².